The SMILES string of the molecule is C/C=C\C.C=C.C=O.C=O.C=O.C=O.C=O.C=O.C=O.C=O.C=O.CC.CC(=O)N1CCCCC1.CC(C)C.CCC(C)C.CCC(C)C.CCC(C)C.CCCCN.CCc1ccccc1.CN.CN.CN.CN.N.N.N.N. The Morgan fingerprint density at radius 3 is 0.747 bits per heavy atom. The number of aryl methyl sites for hydroxylation is 1. The largest absolute Gasteiger partial charge is 0.344 e. The maximum Gasteiger partial charge on any atom is 0.219 e. The molecule has 0 spiro atoms. The molecule has 1 aromatic rings. The van der Waals surface area contributed by atoms with Crippen LogP contribution in [0, 0.1) is 23.7 Å². The lowest BCUT2D eigenvalue weighted by Crippen LogP contribution is -2.33. The fraction of sp³-hybridized carbons (Fsp3) is 0.661. The molecule has 22 N–H and O–H groups in total. The summed E-state index contributed by atoms with van der Waals surface area (Å²) in [5.74, 6) is 3.72. The predicted molar refractivity (Wildman–Crippen MR) is 359 cm³/mol. The van der Waals surface area contributed by atoms with Gasteiger partial charge in [0.1, 0.15) is 61.1 Å². The minimum atomic E-state index is 0. The van der Waals surface area contributed by atoms with E-state index >= 15 is 0 Å². The van der Waals surface area contributed by atoms with Gasteiger partial charge in [-0.25, -0.2) is 0 Å². The number of carbonyl (C=O) groups excluding carboxylic acids is 10. The number of unbranched alkanes of at least 4 members (excludes halogenated alkanes) is 1. The number of piperidine rings is 1. The number of rotatable bonds is 6. The van der Waals surface area contributed by atoms with Crippen LogP contribution in [0.5, 0.6) is 0 Å². The molecule has 1 amide bonds. The number of amides is 1. The number of allylic oxidation sites excluding steroid dienone is 2. The second kappa shape index (κ2) is 310. The smallest absolute Gasteiger partial charge is 0.219 e. The van der Waals surface area contributed by atoms with E-state index in [-0.39, 0.29) is 30.5 Å². The minimum Gasteiger partial charge on any atom is -0.344 e. The van der Waals surface area contributed by atoms with E-state index in [1.54, 1.807) is 6.92 Å². The van der Waals surface area contributed by atoms with Crippen molar-refractivity contribution in [3.63, 3.8) is 0 Å². The van der Waals surface area contributed by atoms with Crippen molar-refractivity contribution < 1.29 is 47.9 Å². The molecular formula is C59H148N10O10. The van der Waals surface area contributed by atoms with E-state index in [0.29, 0.717) is 0 Å². The zero-order valence-electron chi connectivity index (χ0n) is 56.9. The maximum absolute atomic E-state index is 10.7. The molecule has 20 heteroatoms. The molecule has 0 unspecified atom stereocenters. The van der Waals surface area contributed by atoms with Crippen LogP contribution in [-0.4, -0.2) is 120 Å². The van der Waals surface area contributed by atoms with Gasteiger partial charge in [-0.3, -0.25) is 4.79 Å². The van der Waals surface area contributed by atoms with Crippen molar-refractivity contribution in [3.8, 4) is 0 Å². The average molecular weight is 1160 g/mol. The van der Waals surface area contributed by atoms with E-state index in [9.17, 15) is 4.79 Å². The maximum atomic E-state index is 10.7. The third kappa shape index (κ3) is 547. The summed E-state index contributed by atoms with van der Waals surface area (Å²) in [7, 11) is 6.00. The Bertz CT molecular complexity index is 782. The summed E-state index contributed by atoms with van der Waals surface area (Å²) < 4.78 is 0. The molecule has 0 aromatic heterocycles. The van der Waals surface area contributed by atoms with E-state index < -0.39 is 0 Å². The van der Waals surface area contributed by atoms with Gasteiger partial charge < -0.3 is 101 Å². The van der Waals surface area contributed by atoms with Crippen molar-refractivity contribution in [1.29, 1.82) is 0 Å². The van der Waals surface area contributed by atoms with Gasteiger partial charge in [0.15, 0.2) is 0 Å². The van der Waals surface area contributed by atoms with Gasteiger partial charge in [0.2, 0.25) is 5.91 Å². The van der Waals surface area contributed by atoms with E-state index in [0.717, 1.165) is 49.7 Å². The third-order valence-corrected chi connectivity index (χ3v) is 6.39. The molecular weight excluding hydrogens is 1010 g/mol. The van der Waals surface area contributed by atoms with Gasteiger partial charge in [0.05, 0.1) is 0 Å². The highest BCUT2D eigenvalue weighted by Gasteiger charge is 2.11. The highest BCUT2D eigenvalue weighted by Crippen LogP contribution is 2.07. The number of benzene rings is 1. The topological polar surface area (TPSA) is 444 Å². The lowest BCUT2D eigenvalue weighted by molar-refractivity contribution is -0.129. The van der Waals surface area contributed by atoms with Gasteiger partial charge in [-0.05, 0) is 110 Å². The molecule has 1 aromatic carbocycles. The van der Waals surface area contributed by atoms with Crippen molar-refractivity contribution in [1.82, 2.24) is 29.5 Å². The number of nitrogens with zero attached hydrogens (tertiary/aromatic N) is 1. The zero-order chi connectivity index (χ0) is 66.5. The standard InChI is InChI=1S/C8H10.C7H13NO.3C5H12.C4H11N.C4H10.C4H8.C2H6.C2H4.4CH5N.9CH2O.4H3N/c1-2-8-6-4-3-5-7-8;1-7(9)8-5-3-2-4-6-8;3*1-4-5(2)3;1-2-3-4-5;1-4(2)3;1-3-4-2;15*1-2;;;;/h3-7H,2H2,1H3;2-6H2,1H3;3*5H,4H2,1-3H3;2-5H2,1H3;4H,1-3H3;3-4H,1-2H3;1-2H3;1-2H2;4*2H2,1H3;9*1H2;4*1H3/b;;;;;;;4-3-;;;;;;;;;;;;;;;;;;;. The molecule has 79 heavy (non-hydrogen) atoms. The van der Waals surface area contributed by atoms with Crippen LogP contribution in [0.15, 0.2) is 55.6 Å². The summed E-state index contributed by atoms with van der Waals surface area (Å²) in [6.45, 7) is 67.2. The quantitative estimate of drug-likeness (QED) is 0.119. The molecule has 20 nitrogen and oxygen atoms in total. The zero-order valence-corrected chi connectivity index (χ0v) is 56.9. The third-order valence-electron chi connectivity index (χ3n) is 6.39. The Morgan fingerprint density at radius 1 is 0.481 bits per heavy atom. The van der Waals surface area contributed by atoms with Crippen LogP contribution in [0.4, 0.5) is 0 Å². The van der Waals surface area contributed by atoms with Gasteiger partial charge in [0.25, 0.3) is 0 Å². The van der Waals surface area contributed by atoms with Crippen molar-refractivity contribution in [2.45, 2.75) is 189 Å². The first-order valence-electron chi connectivity index (χ1n) is 25.1. The molecule has 2 rings (SSSR count). The second-order valence-corrected chi connectivity index (χ2v) is 13.4. The van der Waals surface area contributed by atoms with Gasteiger partial charge in [-0.1, -0.05) is 179 Å². The molecule has 0 bridgehead atoms. The van der Waals surface area contributed by atoms with Crippen LogP contribution in [0.1, 0.15) is 188 Å². The monoisotopic (exact) mass is 1160 g/mol. The number of hydrogen-bond acceptors (Lipinski definition) is 19. The van der Waals surface area contributed by atoms with Gasteiger partial charge in [-0.15, -0.1) is 13.2 Å². The van der Waals surface area contributed by atoms with E-state index in [1.807, 2.05) is 112 Å². The van der Waals surface area contributed by atoms with Crippen molar-refractivity contribution >= 4 is 67.0 Å². The molecule has 1 aliphatic rings. The minimum absolute atomic E-state index is 0. The lowest BCUT2D eigenvalue weighted by atomic mass is 10.1. The molecule has 1 fully saturated rings. The molecule has 0 aliphatic carbocycles. The molecule has 1 heterocycles. The Morgan fingerprint density at radius 2 is 0.671 bits per heavy atom. The van der Waals surface area contributed by atoms with Gasteiger partial charge in [0, 0.05) is 20.0 Å². The van der Waals surface area contributed by atoms with Crippen LogP contribution in [0.25, 0.3) is 0 Å². The normalized spacial score (nSPS) is 7.37. The highest BCUT2D eigenvalue weighted by molar-refractivity contribution is 5.73. The Hall–Kier alpha value is -5.16. The summed E-state index contributed by atoms with van der Waals surface area (Å²) in [4.78, 5) is 84.6. The van der Waals surface area contributed by atoms with Crippen molar-refractivity contribution in [2.24, 2.45) is 52.3 Å². The lowest BCUT2D eigenvalue weighted by Gasteiger charge is -2.24. The summed E-state index contributed by atoms with van der Waals surface area (Å²) in [6, 6.07) is 10.5. The number of likely N-dealkylation sites (tertiary alicyclic amines) is 1. The molecule has 0 atom stereocenters. The Kier molecular flexibility index (Phi) is 644. The molecule has 1 saturated heterocycles. The van der Waals surface area contributed by atoms with Crippen LogP contribution in [-0.2, 0) is 54.4 Å². The van der Waals surface area contributed by atoms with Crippen LogP contribution >= 0.6 is 0 Å². The number of hydrogen-bond donors (Lipinski definition) is 9. The van der Waals surface area contributed by atoms with Crippen molar-refractivity contribution in [3.05, 3.63) is 61.2 Å². The molecule has 0 saturated carbocycles. The van der Waals surface area contributed by atoms with Crippen LogP contribution in [0.2, 0.25) is 0 Å². The van der Waals surface area contributed by atoms with E-state index in [1.165, 1.54) is 85.1 Å². The summed E-state index contributed by atoms with van der Waals surface area (Å²) >= 11 is 0. The average Bonchev–Trinajstić information content (AvgIpc) is 3.52. The first-order chi connectivity index (χ1) is 36.1. The van der Waals surface area contributed by atoms with Crippen LogP contribution < -0.4 is 53.3 Å². The number of carbonyl (C=O) groups is 10. The molecule has 0 radical (unpaired) electrons. The van der Waals surface area contributed by atoms with E-state index in [4.69, 9.17) is 48.9 Å². The summed E-state index contributed by atoms with van der Waals surface area (Å²) in [6.07, 6.45) is 15.1. The van der Waals surface area contributed by atoms with Crippen molar-refractivity contribution in [2.75, 3.05) is 47.8 Å². The van der Waals surface area contributed by atoms with Gasteiger partial charge in [-0.2, -0.15) is 0 Å². The Balaban J connectivity index is -0.0000000172. The number of nitrogens with two attached hydrogens (primary N) is 5. The van der Waals surface area contributed by atoms with Crippen LogP contribution in [0.3, 0.4) is 0 Å². The van der Waals surface area contributed by atoms with Gasteiger partial charge >= 0.3 is 0 Å². The molecule has 494 valence electrons. The summed E-state index contributed by atoms with van der Waals surface area (Å²) in [5.41, 5.74) is 24.5. The first kappa shape index (κ1) is 164. The predicted octanol–water partition coefficient (Wildman–Crippen LogP) is 12.5. The highest BCUT2D eigenvalue weighted by atomic mass is 16.2. The van der Waals surface area contributed by atoms with E-state index in [2.05, 4.69) is 157 Å². The second-order valence-electron chi connectivity index (χ2n) is 13.4. The first-order valence-corrected chi connectivity index (χ1v) is 25.1. The molecule has 1 aliphatic heterocycles. The fourth-order valence-electron chi connectivity index (χ4n) is 2.13. The summed E-state index contributed by atoms with van der Waals surface area (Å²) in [5, 5.41) is 0. The Labute approximate surface area is 493 Å². The fourth-order valence-corrected chi connectivity index (χ4v) is 2.13.